The average Bonchev–Trinajstić information content (AvgIpc) is 2.79. The highest BCUT2D eigenvalue weighted by Gasteiger charge is 2.31. The molecule has 0 aliphatic heterocycles. The van der Waals surface area contributed by atoms with Gasteiger partial charge in [-0.25, -0.2) is 4.98 Å². The molecule has 1 aromatic rings. The minimum absolute atomic E-state index is 0.422. The number of nitrogens with one attached hydrogen (secondary N) is 1. The second kappa shape index (κ2) is 3.32. The van der Waals surface area contributed by atoms with Crippen LogP contribution >= 0.6 is 0 Å². The predicted molar refractivity (Wildman–Crippen MR) is 50.0 cm³/mol. The normalized spacial score (nSPS) is 25.7. The molecule has 70 valence electrons. The van der Waals surface area contributed by atoms with E-state index in [9.17, 15) is 4.39 Å². The Morgan fingerprint density at radius 2 is 2.38 bits per heavy atom. The number of rotatable bonds is 3. The SMILES string of the molecule is CC1CC1CNc1cccc(F)n1. The summed E-state index contributed by atoms with van der Waals surface area (Å²) in [5.74, 6) is 1.79. The maximum Gasteiger partial charge on any atom is 0.214 e. The van der Waals surface area contributed by atoms with E-state index < -0.39 is 5.95 Å². The topological polar surface area (TPSA) is 24.9 Å². The van der Waals surface area contributed by atoms with E-state index in [0.717, 1.165) is 18.4 Å². The Balaban J connectivity index is 1.87. The lowest BCUT2D eigenvalue weighted by molar-refractivity contribution is 0.584. The van der Waals surface area contributed by atoms with Crippen molar-refractivity contribution in [3.05, 3.63) is 24.1 Å². The van der Waals surface area contributed by atoms with Crippen LogP contribution in [0.3, 0.4) is 0 Å². The summed E-state index contributed by atoms with van der Waals surface area (Å²) in [7, 11) is 0. The smallest absolute Gasteiger partial charge is 0.214 e. The second-order valence-electron chi connectivity index (χ2n) is 3.70. The van der Waals surface area contributed by atoms with Crippen LogP contribution in [0.15, 0.2) is 18.2 Å². The van der Waals surface area contributed by atoms with Crippen LogP contribution in [0.5, 0.6) is 0 Å². The predicted octanol–water partition coefficient (Wildman–Crippen LogP) is 2.29. The number of hydrogen-bond acceptors (Lipinski definition) is 2. The summed E-state index contributed by atoms with van der Waals surface area (Å²) >= 11 is 0. The minimum atomic E-state index is -0.422. The van der Waals surface area contributed by atoms with Crippen molar-refractivity contribution in [3.8, 4) is 0 Å². The molecule has 2 atom stereocenters. The molecule has 1 heterocycles. The zero-order valence-electron chi connectivity index (χ0n) is 7.63. The van der Waals surface area contributed by atoms with Gasteiger partial charge in [-0.05, 0) is 30.4 Å². The standard InChI is InChI=1S/C10H13FN2/c1-7-5-8(7)6-12-10-4-2-3-9(11)13-10/h2-4,7-8H,5-6H2,1H3,(H,12,13). The van der Waals surface area contributed by atoms with Crippen molar-refractivity contribution < 1.29 is 4.39 Å². The maximum atomic E-state index is 12.6. The first kappa shape index (κ1) is 8.48. The minimum Gasteiger partial charge on any atom is -0.370 e. The van der Waals surface area contributed by atoms with Crippen LogP contribution in [-0.2, 0) is 0 Å². The highest BCUT2D eigenvalue weighted by Crippen LogP contribution is 2.37. The third-order valence-corrected chi connectivity index (χ3v) is 2.54. The van der Waals surface area contributed by atoms with Crippen LogP contribution < -0.4 is 5.32 Å². The summed E-state index contributed by atoms with van der Waals surface area (Å²) < 4.78 is 12.6. The van der Waals surface area contributed by atoms with E-state index in [2.05, 4.69) is 17.2 Å². The Morgan fingerprint density at radius 3 is 3.00 bits per heavy atom. The van der Waals surface area contributed by atoms with E-state index in [4.69, 9.17) is 0 Å². The number of pyridine rings is 1. The molecule has 0 radical (unpaired) electrons. The van der Waals surface area contributed by atoms with E-state index in [1.54, 1.807) is 12.1 Å². The Kier molecular flexibility index (Phi) is 2.17. The summed E-state index contributed by atoms with van der Waals surface area (Å²) in [5.41, 5.74) is 0. The lowest BCUT2D eigenvalue weighted by Gasteiger charge is -2.03. The fourth-order valence-electron chi connectivity index (χ4n) is 1.43. The Hall–Kier alpha value is -1.12. The molecule has 13 heavy (non-hydrogen) atoms. The molecule has 0 spiro atoms. The lowest BCUT2D eigenvalue weighted by atomic mass is 10.3. The summed E-state index contributed by atoms with van der Waals surface area (Å²) in [5, 5.41) is 3.13. The van der Waals surface area contributed by atoms with E-state index in [1.807, 2.05) is 0 Å². The molecule has 2 rings (SSSR count). The number of halogens is 1. The third kappa shape index (κ3) is 2.17. The molecule has 3 heteroatoms. The second-order valence-corrected chi connectivity index (χ2v) is 3.70. The number of nitrogens with zero attached hydrogens (tertiary/aromatic N) is 1. The van der Waals surface area contributed by atoms with Gasteiger partial charge in [0.1, 0.15) is 5.82 Å². The Labute approximate surface area is 77.2 Å². The highest BCUT2D eigenvalue weighted by molar-refractivity contribution is 5.33. The number of aromatic nitrogens is 1. The van der Waals surface area contributed by atoms with Gasteiger partial charge >= 0.3 is 0 Å². The Morgan fingerprint density at radius 1 is 1.62 bits per heavy atom. The van der Waals surface area contributed by atoms with E-state index >= 15 is 0 Å². The molecule has 0 amide bonds. The van der Waals surface area contributed by atoms with Crippen molar-refractivity contribution in [3.63, 3.8) is 0 Å². The third-order valence-electron chi connectivity index (χ3n) is 2.54. The van der Waals surface area contributed by atoms with Gasteiger partial charge in [-0.3, -0.25) is 0 Å². The first-order valence-electron chi connectivity index (χ1n) is 4.62. The molecule has 0 bridgehead atoms. The van der Waals surface area contributed by atoms with Gasteiger partial charge in [-0.15, -0.1) is 0 Å². The van der Waals surface area contributed by atoms with E-state index in [0.29, 0.717) is 5.82 Å². The quantitative estimate of drug-likeness (QED) is 0.722. The largest absolute Gasteiger partial charge is 0.370 e. The van der Waals surface area contributed by atoms with Crippen LogP contribution in [0.4, 0.5) is 10.2 Å². The zero-order chi connectivity index (χ0) is 9.26. The van der Waals surface area contributed by atoms with Crippen molar-refractivity contribution in [2.75, 3.05) is 11.9 Å². The van der Waals surface area contributed by atoms with E-state index in [1.165, 1.54) is 12.5 Å². The summed E-state index contributed by atoms with van der Waals surface area (Å²) in [6, 6.07) is 4.81. The van der Waals surface area contributed by atoms with Crippen LogP contribution in [0.2, 0.25) is 0 Å². The zero-order valence-corrected chi connectivity index (χ0v) is 7.63. The fourth-order valence-corrected chi connectivity index (χ4v) is 1.43. The van der Waals surface area contributed by atoms with Gasteiger partial charge in [0.15, 0.2) is 0 Å². The summed E-state index contributed by atoms with van der Waals surface area (Å²) in [6.07, 6.45) is 1.28. The molecule has 2 unspecified atom stereocenters. The van der Waals surface area contributed by atoms with Crippen molar-refractivity contribution in [2.45, 2.75) is 13.3 Å². The van der Waals surface area contributed by atoms with Gasteiger partial charge in [0.25, 0.3) is 0 Å². The molecule has 1 aromatic heterocycles. The lowest BCUT2D eigenvalue weighted by Crippen LogP contribution is -2.06. The van der Waals surface area contributed by atoms with Gasteiger partial charge < -0.3 is 5.32 Å². The van der Waals surface area contributed by atoms with Gasteiger partial charge in [0.05, 0.1) is 0 Å². The molecule has 1 aliphatic carbocycles. The summed E-state index contributed by atoms with van der Waals surface area (Å²) in [6.45, 7) is 3.14. The Bertz CT molecular complexity index is 301. The first-order chi connectivity index (χ1) is 6.25. The van der Waals surface area contributed by atoms with Crippen molar-refractivity contribution in [1.82, 2.24) is 4.98 Å². The average molecular weight is 180 g/mol. The summed E-state index contributed by atoms with van der Waals surface area (Å²) in [4.78, 5) is 3.72. The van der Waals surface area contributed by atoms with Crippen LogP contribution in [0, 0.1) is 17.8 Å². The highest BCUT2D eigenvalue weighted by atomic mass is 19.1. The molecule has 0 saturated heterocycles. The van der Waals surface area contributed by atoms with Crippen LogP contribution in [0.1, 0.15) is 13.3 Å². The monoisotopic (exact) mass is 180 g/mol. The van der Waals surface area contributed by atoms with Crippen LogP contribution in [-0.4, -0.2) is 11.5 Å². The molecular formula is C10H13FN2. The molecule has 1 aliphatic rings. The molecule has 0 aromatic carbocycles. The maximum absolute atomic E-state index is 12.6. The van der Waals surface area contributed by atoms with Gasteiger partial charge in [0.2, 0.25) is 5.95 Å². The van der Waals surface area contributed by atoms with Crippen molar-refractivity contribution in [2.24, 2.45) is 11.8 Å². The van der Waals surface area contributed by atoms with Gasteiger partial charge in [-0.1, -0.05) is 13.0 Å². The molecule has 1 fully saturated rings. The number of anilines is 1. The number of hydrogen-bond donors (Lipinski definition) is 1. The fraction of sp³-hybridized carbons (Fsp3) is 0.500. The van der Waals surface area contributed by atoms with Crippen LogP contribution in [0.25, 0.3) is 0 Å². The molecule has 1 saturated carbocycles. The van der Waals surface area contributed by atoms with Gasteiger partial charge in [-0.2, -0.15) is 4.39 Å². The molecular weight excluding hydrogens is 167 g/mol. The first-order valence-corrected chi connectivity index (χ1v) is 4.62. The van der Waals surface area contributed by atoms with Gasteiger partial charge in [0, 0.05) is 6.54 Å². The van der Waals surface area contributed by atoms with Crippen molar-refractivity contribution in [1.29, 1.82) is 0 Å². The molecule has 2 nitrogen and oxygen atoms in total. The van der Waals surface area contributed by atoms with Crippen molar-refractivity contribution >= 4 is 5.82 Å². The molecule has 1 N–H and O–H groups in total. The van der Waals surface area contributed by atoms with E-state index in [-0.39, 0.29) is 0 Å².